The van der Waals surface area contributed by atoms with Gasteiger partial charge in [0.15, 0.2) is 0 Å². The maximum atomic E-state index is 9.72. The Balaban J connectivity index is 1.88. The summed E-state index contributed by atoms with van der Waals surface area (Å²) in [7, 11) is 0. The number of rotatable bonds is 1. The van der Waals surface area contributed by atoms with Gasteiger partial charge < -0.3 is 4.40 Å². The van der Waals surface area contributed by atoms with E-state index in [4.69, 9.17) is 4.98 Å². The Morgan fingerprint density at radius 1 is 0.829 bits per heavy atom. The lowest BCUT2D eigenvalue weighted by Gasteiger charge is -2.23. The molecule has 7 aromatic rings. The molecule has 0 unspecified atom stereocenters. The number of aryl methyl sites for hydroxylation is 1. The van der Waals surface area contributed by atoms with Gasteiger partial charge in [-0.2, -0.15) is 5.26 Å². The summed E-state index contributed by atoms with van der Waals surface area (Å²) in [5, 5.41) is 18.2. The van der Waals surface area contributed by atoms with Crippen molar-refractivity contribution in [2.75, 3.05) is 0 Å². The average Bonchev–Trinajstić information content (AvgIpc) is 3.16. The molecule has 0 spiro atoms. The van der Waals surface area contributed by atoms with Gasteiger partial charge in [0.1, 0.15) is 0 Å². The first-order chi connectivity index (χ1) is 16.8. The molecule has 0 amide bonds. The fraction of sp³-hybridized carbons (Fsp3) is 0.188. The molecule has 35 heavy (non-hydrogen) atoms. The molecule has 3 aromatic heterocycles. The van der Waals surface area contributed by atoms with E-state index in [1.807, 2.05) is 18.3 Å². The second-order valence-electron chi connectivity index (χ2n) is 11.1. The summed E-state index contributed by atoms with van der Waals surface area (Å²) in [4.78, 5) is 4.97. The highest BCUT2D eigenvalue weighted by atomic mass is 14.9. The van der Waals surface area contributed by atoms with E-state index in [2.05, 4.69) is 86.7 Å². The highest BCUT2D eigenvalue weighted by molar-refractivity contribution is 6.29. The molecule has 0 aliphatic heterocycles. The van der Waals surface area contributed by atoms with Crippen molar-refractivity contribution in [3.63, 3.8) is 0 Å². The van der Waals surface area contributed by atoms with Crippen molar-refractivity contribution in [3.8, 4) is 6.07 Å². The molecule has 0 radical (unpaired) electrons. The summed E-state index contributed by atoms with van der Waals surface area (Å²) < 4.78 is 2.43. The van der Waals surface area contributed by atoms with Crippen molar-refractivity contribution in [1.29, 1.82) is 5.26 Å². The molecule has 0 fully saturated rings. The zero-order valence-electron chi connectivity index (χ0n) is 20.4. The number of pyridine rings is 2. The van der Waals surface area contributed by atoms with Crippen LogP contribution in [0.5, 0.6) is 0 Å². The zero-order chi connectivity index (χ0) is 24.1. The third-order valence-electron chi connectivity index (χ3n) is 7.35. The first-order valence-electron chi connectivity index (χ1n) is 12.2. The van der Waals surface area contributed by atoms with Crippen LogP contribution in [0.1, 0.15) is 37.5 Å². The number of fused-ring (bicyclic) bond motifs is 7. The second-order valence-corrected chi connectivity index (χ2v) is 11.1. The quantitative estimate of drug-likeness (QED) is 0.186. The minimum atomic E-state index is 0.100. The predicted molar refractivity (Wildman–Crippen MR) is 147 cm³/mol. The van der Waals surface area contributed by atoms with Crippen molar-refractivity contribution < 1.29 is 0 Å². The van der Waals surface area contributed by atoms with Gasteiger partial charge in [0.05, 0.1) is 33.7 Å². The van der Waals surface area contributed by atoms with E-state index in [0.29, 0.717) is 5.56 Å². The number of hydrogen-bond donors (Lipinski definition) is 0. The molecule has 0 aliphatic rings. The third kappa shape index (κ3) is 2.74. The predicted octanol–water partition coefficient (Wildman–Crippen LogP) is 8.31. The molecule has 0 atom stereocenters. The molecule has 0 aliphatic carbocycles. The summed E-state index contributed by atoms with van der Waals surface area (Å²) in [5.41, 5.74) is 7.94. The maximum Gasteiger partial charge on any atom is 0.0992 e. The van der Waals surface area contributed by atoms with Crippen LogP contribution in [-0.4, -0.2) is 9.38 Å². The number of hydrogen-bond acceptors (Lipinski definition) is 2. The Labute approximate surface area is 203 Å². The molecule has 168 valence electrons. The summed E-state index contributed by atoms with van der Waals surface area (Å²) in [6, 6.07) is 24.1. The number of aromatic nitrogens is 2. The largest absolute Gasteiger partial charge is 0.308 e. The van der Waals surface area contributed by atoms with E-state index >= 15 is 0 Å². The molecule has 3 heterocycles. The topological polar surface area (TPSA) is 41.1 Å². The lowest BCUT2D eigenvalue weighted by atomic mass is 9.84. The van der Waals surface area contributed by atoms with E-state index in [0.717, 1.165) is 17.5 Å². The number of nitriles is 1. The fourth-order valence-corrected chi connectivity index (χ4v) is 6.01. The Morgan fingerprint density at radius 3 is 2.43 bits per heavy atom. The van der Waals surface area contributed by atoms with Gasteiger partial charge in [-0.05, 0) is 64.7 Å². The highest BCUT2D eigenvalue weighted by Gasteiger charge is 2.24. The number of benzene rings is 4. The lowest BCUT2D eigenvalue weighted by Crippen LogP contribution is -2.11. The third-order valence-corrected chi connectivity index (χ3v) is 7.35. The summed E-state index contributed by atoms with van der Waals surface area (Å²) in [5.74, 6) is 0. The van der Waals surface area contributed by atoms with E-state index in [9.17, 15) is 5.26 Å². The molecule has 7 rings (SSSR count). The van der Waals surface area contributed by atoms with Gasteiger partial charge in [-0.15, -0.1) is 0 Å². The van der Waals surface area contributed by atoms with Crippen molar-refractivity contribution >= 4 is 59.8 Å². The molecular formula is C32H25N3. The van der Waals surface area contributed by atoms with Crippen LogP contribution in [0.15, 0.2) is 66.9 Å². The molecular weight excluding hydrogens is 426 g/mol. The summed E-state index contributed by atoms with van der Waals surface area (Å²) in [6.45, 7) is 9.07. The molecule has 3 nitrogen and oxygen atoms in total. The van der Waals surface area contributed by atoms with E-state index < -0.39 is 0 Å². The van der Waals surface area contributed by atoms with Gasteiger partial charge in [-0.3, -0.25) is 4.98 Å². The normalized spacial score (nSPS) is 12.7. The zero-order valence-corrected chi connectivity index (χ0v) is 20.4. The first kappa shape index (κ1) is 20.2. The van der Waals surface area contributed by atoms with Gasteiger partial charge in [0.25, 0.3) is 0 Å². The molecule has 0 saturated carbocycles. The Kier molecular flexibility index (Phi) is 3.88. The Bertz CT molecular complexity index is 2030. The van der Waals surface area contributed by atoms with Crippen molar-refractivity contribution in [2.45, 2.75) is 34.1 Å². The van der Waals surface area contributed by atoms with Gasteiger partial charge in [-0.25, -0.2) is 0 Å². The van der Waals surface area contributed by atoms with Gasteiger partial charge >= 0.3 is 0 Å². The standard InChI is InChI=1S/C32H25N3/c1-18-5-8-22-21(13-18)15-25-29-28-20(11-12-34-29)7-10-24-23-9-6-19(17-33)14-27(23)35(31(24)28)30(25)26(22)16-32(2,3)4/h5-15H,16H2,1-4H3. The van der Waals surface area contributed by atoms with Crippen LogP contribution < -0.4 is 0 Å². The van der Waals surface area contributed by atoms with E-state index in [1.54, 1.807) is 0 Å². The van der Waals surface area contributed by atoms with Crippen molar-refractivity contribution in [2.24, 2.45) is 5.41 Å². The number of nitrogens with zero attached hydrogens (tertiary/aromatic N) is 3. The van der Waals surface area contributed by atoms with Crippen LogP contribution in [0.2, 0.25) is 0 Å². The molecule has 4 aromatic carbocycles. The molecule has 0 bridgehead atoms. The van der Waals surface area contributed by atoms with Crippen LogP contribution in [0.4, 0.5) is 0 Å². The van der Waals surface area contributed by atoms with Gasteiger partial charge in [0, 0.05) is 27.7 Å². The van der Waals surface area contributed by atoms with E-state index in [-0.39, 0.29) is 5.41 Å². The van der Waals surface area contributed by atoms with E-state index in [1.165, 1.54) is 59.9 Å². The van der Waals surface area contributed by atoms with Crippen molar-refractivity contribution in [3.05, 3.63) is 83.6 Å². The molecule has 3 heteroatoms. The maximum absolute atomic E-state index is 9.72. The fourth-order valence-electron chi connectivity index (χ4n) is 6.01. The van der Waals surface area contributed by atoms with Crippen molar-refractivity contribution in [1.82, 2.24) is 9.38 Å². The van der Waals surface area contributed by atoms with Crippen LogP contribution in [0.25, 0.3) is 59.8 Å². The lowest BCUT2D eigenvalue weighted by molar-refractivity contribution is 0.413. The monoisotopic (exact) mass is 451 g/mol. The van der Waals surface area contributed by atoms with Crippen LogP contribution >= 0.6 is 0 Å². The Hall–Kier alpha value is -4.16. The molecule has 0 saturated heterocycles. The van der Waals surface area contributed by atoms with Gasteiger partial charge in [-0.1, -0.05) is 62.7 Å². The summed E-state index contributed by atoms with van der Waals surface area (Å²) >= 11 is 0. The second kappa shape index (κ2) is 6.71. The Morgan fingerprint density at radius 2 is 1.63 bits per heavy atom. The van der Waals surface area contributed by atoms with Crippen LogP contribution in [0, 0.1) is 23.7 Å². The highest BCUT2D eigenvalue weighted by Crippen LogP contribution is 2.44. The smallest absolute Gasteiger partial charge is 0.0992 e. The van der Waals surface area contributed by atoms with Gasteiger partial charge in [0.2, 0.25) is 0 Å². The average molecular weight is 452 g/mol. The minimum Gasteiger partial charge on any atom is -0.308 e. The summed E-state index contributed by atoms with van der Waals surface area (Å²) in [6.07, 6.45) is 2.87. The van der Waals surface area contributed by atoms with Crippen LogP contribution in [-0.2, 0) is 6.42 Å². The molecule has 0 N–H and O–H groups in total. The SMILES string of the molecule is Cc1ccc2c(CC(C)(C)C)c3c(cc2c1)c1nccc2ccc4c5ccc(C#N)cc5n3c4c21. The minimum absolute atomic E-state index is 0.100. The first-order valence-corrected chi connectivity index (χ1v) is 12.2. The van der Waals surface area contributed by atoms with Crippen LogP contribution in [0.3, 0.4) is 0 Å².